The van der Waals surface area contributed by atoms with E-state index in [0.29, 0.717) is 29.4 Å². The van der Waals surface area contributed by atoms with Gasteiger partial charge in [-0.05, 0) is 37.6 Å². The molecule has 2 aromatic carbocycles. The van der Waals surface area contributed by atoms with Crippen molar-refractivity contribution in [1.29, 1.82) is 0 Å². The Kier molecular flexibility index (Phi) is 4.96. The van der Waals surface area contributed by atoms with Gasteiger partial charge in [0.05, 0.1) is 16.9 Å². The molecule has 1 spiro atoms. The van der Waals surface area contributed by atoms with Gasteiger partial charge in [0.1, 0.15) is 0 Å². The van der Waals surface area contributed by atoms with Crippen LogP contribution in [0.15, 0.2) is 53.1 Å². The summed E-state index contributed by atoms with van der Waals surface area (Å²) in [6.45, 7) is 4.04. The van der Waals surface area contributed by atoms with E-state index in [0.717, 1.165) is 5.56 Å². The standard InChI is InChI=1S/C25H22ClN5O5/c1-3-28-18-10-9-16(26)13-17(18)25(24(28)33)20(23-21(31(34)35)14(2)27-36-23)22(15-7-5-4-6-8-15)29-12-11-19(32)30(25)29/h4-10,13,20,22H,3,11-12H2,1-2H3. The number of carbonyl (C=O) groups is 2. The van der Waals surface area contributed by atoms with Gasteiger partial charge in [0, 0.05) is 35.8 Å². The van der Waals surface area contributed by atoms with Gasteiger partial charge in [-0.2, -0.15) is 0 Å². The summed E-state index contributed by atoms with van der Waals surface area (Å²) in [4.78, 5) is 41.3. The summed E-state index contributed by atoms with van der Waals surface area (Å²) in [7, 11) is 0. The first-order valence-electron chi connectivity index (χ1n) is 11.7. The van der Waals surface area contributed by atoms with E-state index in [1.165, 1.54) is 11.9 Å². The van der Waals surface area contributed by atoms with Gasteiger partial charge in [-0.3, -0.25) is 24.7 Å². The molecule has 0 radical (unpaired) electrons. The molecule has 184 valence electrons. The number of fused-ring (bicyclic) bond motifs is 4. The summed E-state index contributed by atoms with van der Waals surface area (Å²) in [5, 5.41) is 19.9. The molecule has 0 N–H and O–H groups in total. The van der Waals surface area contributed by atoms with E-state index in [4.69, 9.17) is 16.1 Å². The van der Waals surface area contributed by atoms with E-state index in [-0.39, 0.29) is 35.4 Å². The largest absolute Gasteiger partial charge is 0.353 e. The number of rotatable bonds is 4. The highest BCUT2D eigenvalue weighted by Crippen LogP contribution is 2.65. The molecule has 3 unspecified atom stereocenters. The van der Waals surface area contributed by atoms with Crippen molar-refractivity contribution in [2.24, 2.45) is 0 Å². The summed E-state index contributed by atoms with van der Waals surface area (Å²) in [6, 6.07) is 13.9. The van der Waals surface area contributed by atoms with Gasteiger partial charge in [-0.25, -0.2) is 5.01 Å². The maximum Gasteiger partial charge on any atom is 0.334 e. The molecule has 2 fully saturated rings. The molecule has 36 heavy (non-hydrogen) atoms. The topological polar surface area (TPSA) is 113 Å². The Morgan fingerprint density at radius 3 is 2.67 bits per heavy atom. The number of halogens is 1. The molecular weight excluding hydrogens is 486 g/mol. The Labute approximate surface area is 211 Å². The highest BCUT2D eigenvalue weighted by Gasteiger charge is 2.73. The van der Waals surface area contributed by atoms with Crippen LogP contribution in [-0.2, 0) is 15.1 Å². The van der Waals surface area contributed by atoms with Crippen LogP contribution in [0.1, 0.15) is 47.9 Å². The predicted molar refractivity (Wildman–Crippen MR) is 129 cm³/mol. The minimum absolute atomic E-state index is 0.0363. The molecule has 3 aromatic rings. The monoisotopic (exact) mass is 507 g/mol. The van der Waals surface area contributed by atoms with Gasteiger partial charge in [0.15, 0.2) is 11.2 Å². The number of nitro groups is 1. The molecule has 6 rings (SSSR count). The van der Waals surface area contributed by atoms with Gasteiger partial charge in [0.25, 0.3) is 5.91 Å². The van der Waals surface area contributed by atoms with Crippen LogP contribution < -0.4 is 4.90 Å². The Balaban J connectivity index is 1.74. The molecule has 1 aromatic heterocycles. The maximum absolute atomic E-state index is 14.5. The fourth-order valence-electron chi connectivity index (χ4n) is 6.21. The first-order valence-corrected chi connectivity index (χ1v) is 12.1. The van der Waals surface area contributed by atoms with Gasteiger partial charge in [0.2, 0.25) is 11.7 Å². The van der Waals surface area contributed by atoms with Crippen molar-refractivity contribution in [3.63, 3.8) is 0 Å². The fraction of sp³-hybridized carbons (Fsp3) is 0.320. The van der Waals surface area contributed by atoms with Crippen molar-refractivity contribution >= 4 is 34.8 Å². The van der Waals surface area contributed by atoms with Crippen LogP contribution in [0.25, 0.3) is 0 Å². The molecule has 10 nitrogen and oxygen atoms in total. The number of likely N-dealkylation sites (N-methyl/N-ethyl adjacent to an activating group) is 1. The van der Waals surface area contributed by atoms with Crippen LogP contribution in [0, 0.1) is 17.0 Å². The molecule has 2 saturated heterocycles. The Bertz CT molecular complexity index is 1430. The molecule has 0 aliphatic carbocycles. The molecule has 11 heteroatoms. The number of amides is 2. The van der Waals surface area contributed by atoms with Crippen molar-refractivity contribution in [2.75, 3.05) is 18.0 Å². The average molecular weight is 508 g/mol. The number of anilines is 1. The van der Waals surface area contributed by atoms with Crippen molar-refractivity contribution in [1.82, 2.24) is 15.2 Å². The predicted octanol–water partition coefficient (Wildman–Crippen LogP) is 4.09. The summed E-state index contributed by atoms with van der Waals surface area (Å²) >= 11 is 6.44. The van der Waals surface area contributed by atoms with Crippen molar-refractivity contribution in [3.05, 3.63) is 86.2 Å². The molecule has 3 aliphatic heterocycles. The number of carbonyl (C=O) groups excluding carboxylic acids is 2. The van der Waals surface area contributed by atoms with E-state index < -0.39 is 22.4 Å². The zero-order chi connectivity index (χ0) is 25.4. The van der Waals surface area contributed by atoms with E-state index in [9.17, 15) is 19.7 Å². The number of hydrogen-bond acceptors (Lipinski definition) is 7. The van der Waals surface area contributed by atoms with Crippen molar-refractivity contribution < 1.29 is 19.0 Å². The summed E-state index contributed by atoms with van der Waals surface area (Å²) in [5.74, 6) is -1.58. The third-order valence-electron chi connectivity index (χ3n) is 7.48. The smallest absolute Gasteiger partial charge is 0.334 e. The molecule has 0 saturated carbocycles. The van der Waals surface area contributed by atoms with E-state index in [1.807, 2.05) is 42.3 Å². The molecule has 3 aliphatic rings. The summed E-state index contributed by atoms with van der Waals surface area (Å²) in [6.07, 6.45) is 0.213. The lowest BCUT2D eigenvalue weighted by Gasteiger charge is -2.35. The van der Waals surface area contributed by atoms with Crippen LogP contribution >= 0.6 is 11.6 Å². The normalized spacial score (nSPS) is 25.2. The highest BCUT2D eigenvalue weighted by molar-refractivity contribution is 6.31. The highest BCUT2D eigenvalue weighted by atomic mass is 35.5. The summed E-state index contributed by atoms with van der Waals surface area (Å²) < 4.78 is 5.68. The third-order valence-corrected chi connectivity index (χ3v) is 7.71. The van der Waals surface area contributed by atoms with Gasteiger partial charge in [-0.15, -0.1) is 0 Å². The Hall–Kier alpha value is -3.76. The average Bonchev–Trinajstić information content (AvgIpc) is 3.57. The Morgan fingerprint density at radius 1 is 1.22 bits per heavy atom. The van der Waals surface area contributed by atoms with E-state index >= 15 is 0 Å². The molecule has 4 heterocycles. The number of benzene rings is 2. The quantitative estimate of drug-likeness (QED) is 0.386. The number of hydrazine groups is 1. The molecule has 0 bridgehead atoms. The van der Waals surface area contributed by atoms with Crippen LogP contribution in [0.5, 0.6) is 0 Å². The SMILES string of the molecule is CCN1C(=O)C2(c3cc(Cl)ccc31)C(c1onc(C)c1[N+](=O)[O-])C(c1ccccc1)N1CCC(=O)N12. The zero-order valence-electron chi connectivity index (χ0n) is 19.6. The third kappa shape index (κ3) is 2.73. The van der Waals surface area contributed by atoms with Crippen LogP contribution in [0.3, 0.4) is 0 Å². The second-order valence-electron chi connectivity index (χ2n) is 9.17. The second kappa shape index (κ2) is 7.87. The number of aryl methyl sites for hydroxylation is 1. The molecule has 3 atom stereocenters. The van der Waals surface area contributed by atoms with Crippen LogP contribution in [0.4, 0.5) is 11.4 Å². The van der Waals surface area contributed by atoms with E-state index in [1.54, 1.807) is 23.1 Å². The van der Waals surface area contributed by atoms with Crippen LogP contribution in [0.2, 0.25) is 5.02 Å². The lowest BCUT2D eigenvalue weighted by atomic mass is 9.72. The molecular formula is C25H22ClN5O5. The second-order valence-corrected chi connectivity index (χ2v) is 9.60. The first-order chi connectivity index (χ1) is 17.3. The van der Waals surface area contributed by atoms with E-state index in [2.05, 4.69) is 5.16 Å². The molecule has 2 amide bonds. The number of nitrogens with zero attached hydrogens (tertiary/aromatic N) is 5. The van der Waals surface area contributed by atoms with Crippen molar-refractivity contribution in [3.8, 4) is 0 Å². The fourth-order valence-corrected chi connectivity index (χ4v) is 6.38. The van der Waals surface area contributed by atoms with Crippen LogP contribution in [-0.4, -0.2) is 45.0 Å². The number of aromatic nitrogens is 1. The lowest BCUT2D eigenvalue weighted by molar-refractivity contribution is -0.386. The van der Waals surface area contributed by atoms with Crippen molar-refractivity contribution in [2.45, 2.75) is 37.8 Å². The van der Waals surface area contributed by atoms with Gasteiger partial charge < -0.3 is 9.42 Å². The summed E-state index contributed by atoms with van der Waals surface area (Å²) in [5.41, 5.74) is 0.129. The minimum Gasteiger partial charge on any atom is -0.353 e. The maximum atomic E-state index is 14.5. The van der Waals surface area contributed by atoms with Gasteiger partial charge in [-0.1, -0.05) is 47.1 Å². The zero-order valence-corrected chi connectivity index (χ0v) is 20.3. The minimum atomic E-state index is -1.62. The first kappa shape index (κ1) is 22.7. The number of hydrogen-bond donors (Lipinski definition) is 0. The van der Waals surface area contributed by atoms with Gasteiger partial charge >= 0.3 is 5.69 Å². The lowest BCUT2D eigenvalue weighted by Crippen LogP contribution is -2.54. The Morgan fingerprint density at radius 2 is 1.97 bits per heavy atom.